The van der Waals surface area contributed by atoms with Gasteiger partial charge in [0.05, 0.1) is 12.5 Å². The van der Waals surface area contributed by atoms with Crippen molar-refractivity contribution in [2.75, 3.05) is 18.5 Å². The number of hydrogen-bond acceptors (Lipinski definition) is 6. The summed E-state index contributed by atoms with van der Waals surface area (Å²) in [4.78, 5) is 60.2. The van der Waals surface area contributed by atoms with Gasteiger partial charge in [-0.2, -0.15) is 0 Å². The van der Waals surface area contributed by atoms with Crippen LogP contribution in [0.5, 0.6) is 0 Å². The van der Waals surface area contributed by atoms with Crippen LogP contribution >= 0.6 is 0 Å². The minimum Gasteiger partial charge on any atom is -0.455 e. The predicted molar refractivity (Wildman–Crippen MR) is 115 cm³/mol. The molecule has 9 heteroatoms. The van der Waals surface area contributed by atoms with Gasteiger partial charge in [0.15, 0.2) is 12.4 Å². The van der Waals surface area contributed by atoms with Crippen LogP contribution in [-0.4, -0.2) is 47.6 Å². The molecule has 0 saturated carbocycles. The van der Waals surface area contributed by atoms with E-state index in [4.69, 9.17) is 4.74 Å². The van der Waals surface area contributed by atoms with Gasteiger partial charge in [-0.15, -0.1) is 0 Å². The highest BCUT2D eigenvalue weighted by molar-refractivity contribution is 5.98. The molecule has 1 fully saturated rings. The van der Waals surface area contributed by atoms with Crippen LogP contribution in [0.15, 0.2) is 48.5 Å². The number of anilines is 1. The van der Waals surface area contributed by atoms with E-state index in [0.717, 1.165) is 10.6 Å². The molecule has 2 N–H and O–H groups in total. The number of esters is 1. The minimum atomic E-state index is -0.797. The first-order valence-electron chi connectivity index (χ1n) is 9.98. The zero-order valence-electron chi connectivity index (χ0n) is 17.7. The molecule has 0 unspecified atom stereocenters. The summed E-state index contributed by atoms with van der Waals surface area (Å²) in [5.41, 5.74) is 4.72. The van der Waals surface area contributed by atoms with Crippen molar-refractivity contribution in [1.29, 1.82) is 0 Å². The summed E-state index contributed by atoms with van der Waals surface area (Å²) in [7, 11) is 0. The van der Waals surface area contributed by atoms with E-state index in [1.165, 1.54) is 13.0 Å². The van der Waals surface area contributed by atoms with E-state index in [0.29, 0.717) is 16.8 Å². The van der Waals surface area contributed by atoms with Crippen molar-refractivity contribution in [3.05, 3.63) is 65.2 Å². The summed E-state index contributed by atoms with van der Waals surface area (Å²) in [6.45, 7) is 2.73. The Labute approximate surface area is 184 Å². The van der Waals surface area contributed by atoms with E-state index < -0.39 is 36.2 Å². The molecule has 0 radical (unpaired) electrons. The van der Waals surface area contributed by atoms with Crippen LogP contribution in [0, 0.1) is 12.8 Å². The Morgan fingerprint density at radius 2 is 1.78 bits per heavy atom. The van der Waals surface area contributed by atoms with Gasteiger partial charge < -0.3 is 10.1 Å². The number of aryl methyl sites for hydroxylation is 1. The van der Waals surface area contributed by atoms with Crippen LogP contribution in [0.1, 0.15) is 39.6 Å². The lowest BCUT2D eigenvalue weighted by atomic mass is 10.1. The summed E-state index contributed by atoms with van der Waals surface area (Å²) in [5, 5.41) is 3.63. The van der Waals surface area contributed by atoms with Gasteiger partial charge in [-0.3, -0.25) is 34.4 Å². The highest BCUT2D eigenvalue weighted by atomic mass is 16.5. The minimum absolute atomic E-state index is 0.0441. The van der Waals surface area contributed by atoms with E-state index in [-0.39, 0.29) is 18.7 Å². The number of ether oxygens (including phenoxy) is 1. The van der Waals surface area contributed by atoms with Gasteiger partial charge in [0.2, 0.25) is 5.91 Å². The average molecular weight is 437 g/mol. The average Bonchev–Trinajstić information content (AvgIpc) is 3.13. The van der Waals surface area contributed by atoms with Crippen LogP contribution in [0.4, 0.5) is 5.69 Å². The van der Waals surface area contributed by atoms with Gasteiger partial charge in [0, 0.05) is 23.2 Å². The molecule has 1 saturated heterocycles. The van der Waals surface area contributed by atoms with Crippen LogP contribution < -0.4 is 10.7 Å². The molecule has 1 aliphatic heterocycles. The number of ketones is 1. The molecule has 0 aliphatic carbocycles. The monoisotopic (exact) mass is 437 g/mol. The maximum atomic E-state index is 12.3. The van der Waals surface area contributed by atoms with Gasteiger partial charge in [0.25, 0.3) is 11.8 Å². The van der Waals surface area contributed by atoms with Gasteiger partial charge in [-0.25, -0.2) is 0 Å². The van der Waals surface area contributed by atoms with Crippen molar-refractivity contribution in [3.8, 4) is 0 Å². The normalized spacial score (nSPS) is 15.2. The summed E-state index contributed by atoms with van der Waals surface area (Å²) in [6.07, 6.45) is -0.130. The number of carbonyl (C=O) groups excluding carboxylic acids is 5. The van der Waals surface area contributed by atoms with E-state index in [2.05, 4.69) is 10.7 Å². The molecule has 1 aliphatic rings. The maximum Gasteiger partial charge on any atom is 0.311 e. The Bertz CT molecular complexity index is 1060. The summed E-state index contributed by atoms with van der Waals surface area (Å²) < 4.78 is 5.03. The fourth-order valence-corrected chi connectivity index (χ4v) is 3.13. The van der Waals surface area contributed by atoms with Crippen LogP contribution in [0.2, 0.25) is 0 Å². The molecule has 0 aromatic heterocycles. The summed E-state index contributed by atoms with van der Waals surface area (Å²) in [6, 6.07) is 13.2. The molecule has 3 rings (SSSR count). The molecular weight excluding hydrogens is 414 g/mol. The fraction of sp³-hybridized carbons (Fsp3) is 0.261. The molecule has 0 bridgehead atoms. The van der Waals surface area contributed by atoms with Crippen molar-refractivity contribution in [2.45, 2.75) is 20.3 Å². The molecule has 32 heavy (non-hydrogen) atoms. The van der Waals surface area contributed by atoms with Crippen molar-refractivity contribution in [3.63, 3.8) is 0 Å². The van der Waals surface area contributed by atoms with E-state index in [1.807, 2.05) is 6.92 Å². The zero-order valence-corrected chi connectivity index (χ0v) is 17.7. The van der Waals surface area contributed by atoms with Crippen molar-refractivity contribution >= 4 is 35.2 Å². The third-order valence-corrected chi connectivity index (χ3v) is 4.91. The lowest BCUT2D eigenvalue weighted by molar-refractivity contribution is -0.151. The number of carbonyl (C=O) groups is 5. The second-order valence-electron chi connectivity index (χ2n) is 7.51. The summed E-state index contributed by atoms with van der Waals surface area (Å²) >= 11 is 0. The second-order valence-corrected chi connectivity index (χ2v) is 7.51. The fourth-order valence-electron chi connectivity index (χ4n) is 3.13. The Balaban J connectivity index is 1.48. The SMILES string of the molecule is CC(=O)c1cccc(NC(=O)COC(=O)[C@@H]2CC(=O)N(NC(=O)c3ccc(C)cc3)C2)c1. The lowest BCUT2D eigenvalue weighted by Crippen LogP contribution is -2.43. The third kappa shape index (κ3) is 5.78. The predicted octanol–water partition coefficient (Wildman–Crippen LogP) is 1.87. The highest BCUT2D eigenvalue weighted by Crippen LogP contribution is 2.18. The largest absolute Gasteiger partial charge is 0.455 e. The van der Waals surface area contributed by atoms with E-state index in [1.54, 1.807) is 42.5 Å². The quantitative estimate of drug-likeness (QED) is 0.504. The Hall–Kier alpha value is -4.01. The Morgan fingerprint density at radius 1 is 1.06 bits per heavy atom. The van der Waals surface area contributed by atoms with Crippen molar-refractivity contribution < 1.29 is 28.7 Å². The van der Waals surface area contributed by atoms with Gasteiger partial charge in [-0.1, -0.05) is 29.8 Å². The molecule has 1 atom stereocenters. The lowest BCUT2D eigenvalue weighted by Gasteiger charge is -2.17. The number of nitrogens with zero attached hydrogens (tertiary/aromatic N) is 1. The second kappa shape index (κ2) is 9.86. The highest BCUT2D eigenvalue weighted by Gasteiger charge is 2.36. The molecule has 9 nitrogen and oxygen atoms in total. The number of hydrogen-bond donors (Lipinski definition) is 2. The Kier molecular flexibility index (Phi) is 6.99. The van der Waals surface area contributed by atoms with Gasteiger partial charge in [0.1, 0.15) is 0 Å². The first-order valence-corrected chi connectivity index (χ1v) is 9.98. The first kappa shape index (κ1) is 22.7. The molecule has 166 valence electrons. The standard InChI is InChI=1S/C23H23N3O6/c1-14-6-8-16(9-7-14)22(30)25-26-12-18(11-21(26)29)23(31)32-13-20(28)24-19-5-3-4-17(10-19)15(2)27/h3-10,18H,11-13H2,1-2H3,(H,24,28)(H,25,30)/t18-/m1/s1. The molecule has 2 aromatic rings. The number of amides is 3. The number of nitrogens with one attached hydrogen (secondary N) is 2. The molecule has 2 aromatic carbocycles. The Morgan fingerprint density at radius 3 is 2.47 bits per heavy atom. The van der Waals surface area contributed by atoms with E-state index >= 15 is 0 Å². The van der Waals surface area contributed by atoms with Crippen molar-refractivity contribution in [2.24, 2.45) is 5.92 Å². The topological polar surface area (TPSA) is 122 Å². The number of hydrazine groups is 1. The molecule has 1 heterocycles. The van der Waals surface area contributed by atoms with Gasteiger partial charge in [-0.05, 0) is 38.1 Å². The van der Waals surface area contributed by atoms with Gasteiger partial charge >= 0.3 is 5.97 Å². The first-order chi connectivity index (χ1) is 15.2. The van der Waals surface area contributed by atoms with Crippen molar-refractivity contribution in [1.82, 2.24) is 10.4 Å². The smallest absolute Gasteiger partial charge is 0.311 e. The number of Topliss-reactive ketones (excluding diaryl/α,β-unsaturated/α-hetero) is 1. The summed E-state index contributed by atoms with van der Waals surface area (Å²) in [5.74, 6) is -3.10. The van der Waals surface area contributed by atoms with Crippen LogP contribution in [0.25, 0.3) is 0 Å². The number of benzene rings is 2. The molecule has 0 spiro atoms. The van der Waals surface area contributed by atoms with Crippen LogP contribution in [-0.2, 0) is 19.1 Å². The third-order valence-electron chi connectivity index (χ3n) is 4.91. The zero-order chi connectivity index (χ0) is 23.3. The van der Waals surface area contributed by atoms with E-state index in [9.17, 15) is 24.0 Å². The molecular formula is C23H23N3O6. The number of rotatable bonds is 7. The molecule has 3 amide bonds. The maximum absolute atomic E-state index is 12.3. The van der Waals surface area contributed by atoms with Crippen LogP contribution in [0.3, 0.4) is 0 Å².